The molecule has 1 aromatic carbocycles. The van der Waals surface area contributed by atoms with Crippen molar-refractivity contribution in [2.75, 3.05) is 0 Å². The van der Waals surface area contributed by atoms with E-state index in [2.05, 4.69) is 24.3 Å². The molecule has 24 heavy (non-hydrogen) atoms. The van der Waals surface area contributed by atoms with Gasteiger partial charge < -0.3 is 0 Å². The molecular formula is C20H28Cl2O2. The van der Waals surface area contributed by atoms with Gasteiger partial charge in [-0.1, -0.05) is 52.0 Å². The first-order valence-corrected chi connectivity index (χ1v) is 9.28. The van der Waals surface area contributed by atoms with Crippen LogP contribution in [0.4, 0.5) is 0 Å². The zero-order valence-corrected chi connectivity index (χ0v) is 16.6. The van der Waals surface area contributed by atoms with E-state index in [9.17, 15) is 9.59 Å². The Hall–Kier alpha value is -0.860. The first kappa shape index (κ1) is 21.2. The maximum absolute atomic E-state index is 11.3. The van der Waals surface area contributed by atoms with E-state index in [1.54, 1.807) is 0 Å². The Balaban J connectivity index is 2.41. The summed E-state index contributed by atoms with van der Waals surface area (Å²) in [4.78, 5) is 22.6. The van der Waals surface area contributed by atoms with Gasteiger partial charge in [-0.3, -0.25) is 9.59 Å². The van der Waals surface area contributed by atoms with Gasteiger partial charge in [0, 0.05) is 10.8 Å². The van der Waals surface area contributed by atoms with E-state index < -0.39 is 10.8 Å². The predicted molar refractivity (Wildman–Crippen MR) is 102 cm³/mol. The molecule has 0 amide bonds. The zero-order chi connectivity index (χ0) is 18.4. The molecule has 4 heteroatoms. The van der Waals surface area contributed by atoms with Crippen molar-refractivity contribution < 1.29 is 9.59 Å². The Labute approximate surface area is 155 Å². The summed E-state index contributed by atoms with van der Waals surface area (Å²) in [6.07, 6.45) is 5.36. The molecule has 0 atom stereocenters. The summed E-state index contributed by atoms with van der Waals surface area (Å²) in [5, 5.41) is -0.535. The summed E-state index contributed by atoms with van der Waals surface area (Å²) in [5.41, 5.74) is 1.64. The SMILES string of the molecule is CC(C)(CCCc1ccc(CCCC(C)(C)C(=O)Cl)cc1)C(=O)Cl. The monoisotopic (exact) mass is 370 g/mol. The molecule has 0 bridgehead atoms. The molecule has 0 saturated carbocycles. The Kier molecular flexibility index (Phi) is 7.95. The summed E-state index contributed by atoms with van der Waals surface area (Å²) in [7, 11) is 0. The molecule has 1 aromatic rings. The highest BCUT2D eigenvalue weighted by Crippen LogP contribution is 2.27. The maximum Gasteiger partial charge on any atom is 0.227 e. The number of hydrogen-bond acceptors (Lipinski definition) is 2. The molecule has 1 rings (SSSR count). The van der Waals surface area contributed by atoms with Gasteiger partial charge in [0.05, 0.1) is 0 Å². The van der Waals surface area contributed by atoms with E-state index in [1.165, 1.54) is 11.1 Å². The van der Waals surface area contributed by atoms with Gasteiger partial charge in [0.2, 0.25) is 10.5 Å². The fourth-order valence-electron chi connectivity index (χ4n) is 2.54. The highest BCUT2D eigenvalue weighted by atomic mass is 35.5. The molecule has 0 spiro atoms. The van der Waals surface area contributed by atoms with E-state index in [4.69, 9.17) is 23.2 Å². The van der Waals surface area contributed by atoms with Gasteiger partial charge >= 0.3 is 0 Å². The molecule has 0 unspecified atom stereocenters. The average molecular weight is 371 g/mol. The van der Waals surface area contributed by atoms with Gasteiger partial charge in [0.25, 0.3) is 0 Å². The Morgan fingerprint density at radius 3 is 1.29 bits per heavy atom. The van der Waals surface area contributed by atoms with Crippen molar-refractivity contribution >= 4 is 33.7 Å². The third kappa shape index (κ3) is 6.94. The molecule has 0 aliphatic rings. The summed E-state index contributed by atoms with van der Waals surface area (Å²) >= 11 is 11.2. The summed E-state index contributed by atoms with van der Waals surface area (Å²) in [6.45, 7) is 7.55. The van der Waals surface area contributed by atoms with Crippen LogP contribution >= 0.6 is 23.2 Å². The molecule has 0 heterocycles. The smallest absolute Gasteiger partial charge is 0.227 e. The van der Waals surface area contributed by atoms with Crippen LogP contribution in [-0.2, 0) is 22.4 Å². The first-order valence-electron chi connectivity index (χ1n) is 8.52. The van der Waals surface area contributed by atoms with Crippen molar-refractivity contribution in [1.82, 2.24) is 0 Å². The molecule has 0 aliphatic carbocycles. The van der Waals surface area contributed by atoms with Gasteiger partial charge in [-0.2, -0.15) is 0 Å². The largest absolute Gasteiger partial charge is 0.281 e. The molecule has 2 nitrogen and oxygen atoms in total. The highest BCUT2D eigenvalue weighted by molar-refractivity contribution is 6.64. The number of aryl methyl sites for hydroxylation is 2. The van der Waals surface area contributed by atoms with Crippen LogP contribution in [0.2, 0.25) is 0 Å². The number of hydrogen-bond donors (Lipinski definition) is 0. The molecule has 0 radical (unpaired) electrons. The lowest BCUT2D eigenvalue weighted by molar-refractivity contribution is -0.120. The number of halogens is 2. The number of benzene rings is 1. The van der Waals surface area contributed by atoms with E-state index >= 15 is 0 Å². The Bertz CT molecular complexity index is 509. The topological polar surface area (TPSA) is 34.1 Å². The Morgan fingerprint density at radius 2 is 1.04 bits per heavy atom. The van der Waals surface area contributed by atoms with Crippen LogP contribution in [-0.4, -0.2) is 10.5 Å². The van der Waals surface area contributed by atoms with Crippen molar-refractivity contribution in [2.45, 2.75) is 66.2 Å². The number of carbonyl (C=O) groups excluding carboxylic acids is 2. The van der Waals surface area contributed by atoms with Crippen LogP contribution < -0.4 is 0 Å². The minimum absolute atomic E-state index is 0.267. The average Bonchev–Trinajstić information content (AvgIpc) is 2.48. The van der Waals surface area contributed by atoms with Gasteiger partial charge in [-0.05, 0) is 72.9 Å². The van der Waals surface area contributed by atoms with Gasteiger partial charge in [0.15, 0.2) is 0 Å². The van der Waals surface area contributed by atoms with Gasteiger partial charge in [-0.25, -0.2) is 0 Å². The van der Waals surface area contributed by atoms with Crippen molar-refractivity contribution in [2.24, 2.45) is 10.8 Å². The lowest BCUT2D eigenvalue weighted by Crippen LogP contribution is -2.19. The fraction of sp³-hybridized carbons (Fsp3) is 0.600. The number of rotatable bonds is 10. The first-order chi connectivity index (χ1) is 11.0. The van der Waals surface area contributed by atoms with Crippen molar-refractivity contribution in [3.05, 3.63) is 35.4 Å². The van der Waals surface area contributed by atoms with E-state index in [0.717, 1.165) is 38.5 Å². The summed E-state index contributed by atoms with van der Waals surface area (Å²) in [5.74, 6) is 0. The molecule has 0 N–H and O–H groups in total. The zero-order valence-electron chi connectivity index (χ0n) is 15.1. The minimum atomic E-state index is -0.450. The molecule has 0 aliphatic heterocycles. The molecule has 0 saturated heterocycles. The third-order valence-electron chi connectivity index (χ3n) is 4.62. The summed E-state index contributed by atoms with van der Waals surface area (Å²) < 4.78 is 0. The minimum Gasteiger partial charge on any atom is -0.281 e. The lowest BCUT2D eigenvalue weighted by Gasteiger charge is -2.19. The van der Waals surface area contributed by atoms with E-state index in [1.807, 2.05) is 27.7 Å². The van der Waals surface area contributed by atoms with Gasteiger partial charge in [0.1, 0.15) is 0 Å². The lowest BCUT2D eigenvalue weighted by atomic mass is 9.87. The molecule has 0 fully saturated rings. The van der Waals surface area contributed by atoms with Crippen molar-refractivity contribution in [3.8, 4) is 0 Å². The quantitative estimate of drug-likeness (QED) is 0.479. The number of carbonyl (C=O) groups is 2. The second-order valence-electron chi connectivity index (χ2n) is 7.84. The van der Waals surface area contributed by atoms with Crippen molar-refractivity contribution in [3.63, 3.8) is 0 Å². The Morgan fingerprint density at radius 1 is 0.750 bits per heavy atom. The maximum atomic E-state index is 11.3. The predicted octanol–water partition coefficient (Wildman–Crippen LogP) is 5.92. The second kappa shape index (κ2) is 9.01. The van der Waals surface area contributed by atoms with E-state index in [0.29, 0.717) is 0 Å². The van der Waals surface area contributed by atoms with Crippen molar-refractivity contribution in [1.29, 1.82) is 0 Å². The van der Waals surface area contributed by atoms with Crippen LogP contribution in [0.15, 0.2) is 24.3 Å². The van der Waals surface area contributed by atoms with Crippen LogP contribution in [0.5, 0.6) is 0 Å². The third-order valence-corrected chi connectivity index (χ3v) is 5.64. The van der Waals surface area contributed by atoms with Crippen LogP contribution in [0.25, 0.3) is 0 Å². The molecule has 134 valence electrons. The highest BCUT2D eigenvalue weighted by Gasteiger charge is 2.25. The fourth-order valence-corrected chi connectivity index (χ4v) is 2.73. The van der Waals surface area contributed by atoms with Crippen LogP contribution in [0.1, 0.15) is 64.5 Å². The molecular weight excluding hydrogens is 343 g/mol. The van der Waals surface area contributed by atoms with Crippen LogP contribution in [0, 0.1) is 10.8 Å². The summed E-state index contributed by atoms with van der Waals surface area (Å²) in [6, 6.07) is 8.57. The molecule has 0 aromatic heterocycles. The normalized spacial score (nSPS) is 12.2. The second-order valence-corrected chi connectivity index (χ2v) is 8.53. The van der Waals surface area contributed by atoms with E-state index in [-0.39, 0.29) is 10.5 Å². The standard InChI is InChI=1S/C20H28Cl2O2/c1-19(2,17(21)23)13-5-7-15-9-11-16(12-10-15)8-6-14-20(3,4)18(22)24/h9-12H,5-8,13-14H2,1-4H3. The van der Waals surface area contributed by atoms with Gasteiger partial charge in [-0.15, -0.1) is 0 Å². The van der Waals surface area contributed by atoms with Crippen LogP contribution in [0.3, 0.4) is 0 Å².